The van der Waals surface area contributed by atoms with Crippen molar-refractivity contribution in [3.05, 3.63) is 65.7 Å². The maximum Gasteiger partial charge on any atom is 0.231 e. The van der Waals surface area contributed by atoms with E-state index in [0.29, 0.717) is 5.56 Å². The molecule has 0 radical (unpaired) electrons. The zero-order chi connectivity index (χ0) is 13.7. The Balaban J connectivity index is 2.08. The van der Waals surface area contributed by atoms with Crippen LogP contribution in [0.4, 0.5) is 5.69 Å². The Bertz CT molecular complexity index is 561. The highest BCUT2D eigenvalue weighted by molar-refractivity contribution is 5.95. The number of nitrogens with one attached hydrogen (secondary N) is 1. The van der Waals surface area contributed by atoms with Crippen LogP contribution in [0.25, 0.3) is 0 Å². The molecule has 0 saturated carbocycles. The predicted octanol–water partition coefficient (Wildman–Crippen LogP) is 3.24. The molecule has 0 aromatic heterocycles. The van der Waals surface area contributed by atoms with Crippen LogP contribution in [0.15, 0.2) is 54.6 Å². The third kappa shape index (κ3) is 3.28. The molecule has 96 valence electrons. The molecule has 0 fully saturated rings. The SMILES string of the molecule is CC(C(=O)Nc1ccccc1)c1ccc(C=O)cc1. The second-order valence-electron chi connectivity index (χ2n) is 4.36. The smallest absolute Gasteiger partial charge is 0.231 e. The van der Waals surface area contributed by atoms with Crippen LogP contribution in [0.3, 0.4) is 0 Å². The lowest BCUT2D eigenvalue weighted by Crippen LogP contribution is -2.18. The Morgan fingerprint density at radius 1 is 1.05 bits per heavy atom. The molecule has 2 aromatic carbocycles. The standard InChI is InChI=1S/C16H15NO2/c1-12(14-9-7-13(11-18)8-10-14)16(19)17-15-5-3-2-4-6-15/h2-12H,1H3,(H,17,19). The van der Waals surface area contributed by atoms with Crippen LogP contribution in [0.1, 0.15) is 28.8 Å². The van der Waals surface area contributed by atoms with Gasteiger partial charge in [-0.05, 0) is 24.6 Å². The second-order valence-corrected chi connectivity index (χ2v) is 4.36. The van der Waals surface area contributed by atoms with Crippen molar-refractivity contribution in [1.82, 2.24) is 0 Å². The topological polar surface area (TPSA) is 46.2 Å². The molecule has 19 heavy (non-hydrogen) atoms. The lowest BCUT2D eigenvalue weighted by atomic mass is 9.99. The number of carbonyl (C=O) groups excluding carboxylic acids is 2. The second kappa shape index (κ2) is 5.96. The summed E-state index contributed by atoms with van der Waals surface area (Å²) >= 11 is 0. The van der Waals surface area contributed by atoms with Gasteiger partial charge in [0, 0.05) is 11.3 Å². The minimum absolute atomic E-state index is 0.0648. The van der Waals surface area contributed by atoms with Crippen LogP contribution in [-0.2, 0) is 4.79 Å². The van der Waals surface area contributed by atoms with Gasteiger partial charge in [-0.15, -0.1) is 0 Å². The van der Waals surface area contributed by atoms with Gasteiger partial charge in [-0.25, -0.2) is 0 Å². The largest absolute Gasteiger partial charge is 0.326 e. The van der Waals surface area contributed by atoms with Gasteiger partial charge in [-0.1, -0.05) is 42.5 Å². The Morgan fingerprint density at radius 2 is 1.68 bits per heavy atom. The molecule has 0 aliphatic rings. The van der Waals surface area contributed by atoms with E-state index in [2.05, 4.69) is 5.32 Å². The summed E-state index contributed by atoms with van der Waals surface area (Å²) in [7, 11) is 0. The lowest BCUT2D eigenvalue weighted by Gasteiger charge is -2.12. The normalized spacial score (nSPS) is 11.6. The predicted molar refractivity (Wildman–Crippen MR) is 75.3 cm³/mol. The summed E-state index contributed by atoms with van der Waals surface area (Å²) in [6, 6.07) is 16.4. The average molecular weight is 253 g/mol. The van der Waals surface area contributed by atoms with Crippen LogP contribution < -0.4 is 5.32 Å². The highest BCUT2D eigenvalue weighted by atomic mass is 16.1. The molecule has 3 heteroatoms. The molecule has 0 saturated heterocycles. The molecule has 2 rings (SSSR count). The first-order chi connectivity index (χ1) is 9.20. The summed E-state index contributed by atoms with van der Waals surface area (Å²) in [5, 5.41) is 2.86. The third-order valence-electron chi connectivity index (χ3n) is 3.01. The summed E-state index contributed by atoms with van der Waals surface area (Å²) in [5.41, 5.74) is 2.28. The van der Waals surface area contributed by atoms with E-state index < -0.39 is 0 Å². The number of aldehydes is 1. The molecule has 0 spiro atoms. The molecule has 0 heterocycles. The van der Waals surface area contributed by atoms with Gasteiger partial charge >= 0.3 is 0 Å². The van der Waals surface area contributed by atoms with Gasteiger partial charge in [0.1, 0.15) is 6.29 Å². The van der Waals surface area contributed by atoms with Gasteiger partial charge < -0.3 is 5.32 Å². The third-order valence-corrected chi connectivity index (χ3v) is 3.01. The van der Waals surface area contributed by atoms with E-state index in [1.165, 1.54) is 0 Å². The molecule has 2 aromatic rings. The first-order valence-corrected chi connectivity index (χ1v) is 6.12. The Hall–Kier alpha value is -2.42. The van der Waals surface area contributed by atoms with Crippen molar-refractivity contribution in [3.63, 3.8) is 0 Å². The molecule has 1 amide bonds. The fraction of sp³-hybridized carbons (Fsp3) is 0.125. The zero-order valence-electron chi connectivity index (χ0n) is 10.7. The van der Waals surface area contributed by atoms with Crippen molar-refractivity contribution in [1.29, 1.82) is 0 Å². The van der Waals surface area contributed by atoms with E-state index in [4.69, 9.17) is 0 Å². The van der Waals surface area contributed by atoms with E-state index in [0.717, 1.165) is 17.5 Å². The highest BCUT2D eigenvalue weighted by Gasteiger charge is 2.15. The van der Waals surface area contributed by atoms with Crippen molar-refractivity contribution in [3.8, 4) is 0 Å². The van der Waals surface area contributed by atoms with Crippen LogP contribution in [-0.4, -0.2) is 12.2 Å². The van der Waals surface area contributed by atoms with Crippen molar-refractivity contribution < 1.29 is 9.59 Å². The van der Waals surface area contributed by atoms with Crippen LogP contribution in [0, 0.1) is 0 Å². The zero-order valence-corrected chi connectivity index (χ0v) is 10.7. The van der Waals surface area contributed by atoms with Crippen molar-refractivity contribution in [2.75, 3.05) is 5.32 Å². The fourth-order valence-electron chi connectivity index (χ4n) is 1.79. The molecule has 0 aliphatic carbocycles. The van der Waals surface area contributed by atoms with Gasteiger partial charge in [0.05, 0.1) is 5.92 Å². The monoisotopic (exact) mass is 253 g/mol. The van der Waals surface area contributed by atoms with E-state index >= 15 is 0 Å². The number of carbonyl (C=O) groups is 2. The number of rotatable bonds is 4. The molecule has 1 N–H and O–H groups in total. The van der Waals surface area contributed by atoms with E-state index in [1.807, 2.05) is 37.3 Å². The maximum atomic E-state index is 12.1. The van der Waals surface area contributed by atoms with Gasteiger partial charge in [0.15, 0.2) is 0 Å². The molecule has 0 bridgehead atoms. The first kappa shape index (κ1) is 13.0. The van der Waals surface area contributed by atoms with Gasteiger partial charge in [-0.3, -0.25) is 9.59 Å². The van der Waals surface area contributed by atoms with Crippen LogP contribution in [0.2, 0.25) is 0 Å². The number of amides is 1. The molecule has 3 nitrogen and oxygen atoms in total. The molecule has 1 unspecified atom stereocenters. The number of anilines is 1. The van der Waals surface area contributed by atoms with Gasteiger partial charge in [0.2, 0.25) is 5.91 Å². The highest BCUT2D eigenvalue weighted by Crippen LogP contribution is 2.18. The molecular formula is C16H15NO2. The van der Waals surface area contributed by atoms with Gasteiger partial charge in [0.25, 0.3) is 0 Å². The number of para-hydroxylation sites is 1. The maximum absolute atomic E-state index is 12.1. The molecule has 1 atom stereocenters. The first-order valence-electron chi connectivity index (χ1n) is 6.12. The lowest BCUT2D eigenvalue weighted by molar-refractivity contribution is -0.117. The van der Waals surface area contributed by atoms with E-state index in [-0.39, 0.29) is 11.8 Å². The van der Waals surface area contributed by atoms with Gasteiger partial charge in [-0.2, -0.15) is 0 Å². The Kier molecular flexibility index (Phi) is 4.08. The number of hydrogen-bond acceptors (Lipinski definition) is 2. The molecule has 0 aliphatic heterocycles. The van der Waals surface area contributed by atoms with Crippen LogP contribution >= 0.6 is 0 Å². The fourth-order valence-corrected chi connectivity index (χ4v) is 1.79. The minimum Gasteiger partial charge on any atom is -0.326 e. The summed E-state index contributed by atoms with van der Waals surface area (Å²) < 4.78 is 0. The average Bonchev–Trinajstić information content (AvgIpc) is 2.47. The number of benzene rings is 2. The summed E-state index contributed by atoms with van der Waals surface area (Å²) in [6.45, 7) is 1.84. The van der Waals surface area contributed by atoms with Crippen molar-refractivity contribution >= 4 is 17.9 Å². The number of hydrogen-bond donors (Lipinski definition) is 1. The van der Waals surface area contributed by atoms with E-state index in [9.17, 15) is 9.59 Å². The summed E-state index contributed by atoms with van der Waals surface area (Å²) in [6.07, 6.45) is 0.790. The van der Waals surface area contributed by atoms with E-state index in [1.54, 1.807) is 24.3 Å². The van der Waals surface area contributed by atoms with Crippen LogP contribution in [0.5, 0.6) is 0 Å². The Labute approximate surface area is 112 Å². The summed E-state index contributed by atoms with van der Waals surface area (Å²) in [4.78, 5) is 22.7. The minimum atomic E-state index is -0.263. The van der Waals surface area contributed by atoms with Crippen molar-refractivity contribution in [2.24, 2.45) is 0 Å². The molecular weight excluding hydrogens is 238 g/mol. The summed E-state index contributed by atoms with van der Waals surface area (Å²) in [5.74, 6) is -0.328. The van der Waals surface area contributed by atoms with Crippen molar-refractivity contribution in [2.45, 2.75) is 12.8 Å². The Morgan fingerprint density at radius 3 is 2.26 bits per heavy atom. The quantitative estimate of drug-likeness (QED) is 0.850.